The maximum atomic E-state index is 11.5. The van der Waals surface area contributed by atoms with Crippen LogP contribution >= 0.6 is 0 Å². The van der Waals surface area contributed by atoms with Crippen LogP contribution in [0, 0.1) is 0 Å². The second-order valence-corrected chi connectivity index (χ2v) is 5.86. The van der Waals surface area contributed by atoms with Gasteiger partial charge in [0.25, 0.3) is 0 Å². The molecular formula is C17H22O4. The maximum Gasteiger partial charge on any atom is 0.331 e. The van der Waals surface area contributed by atoms with E-state index in [0.29, 0.717) is 6.42 Å². The topological polar surface area (TPSA) is 63.6 Å². The van der Waals surface area contributed by atoms with E-state index in [0.717, 1.165) is 17.5 Å². The van der Waals surface area contributed by atoms with Gasteiger partial charge in [0.1, 0.15) is 5.60 Å². The standard InChI is InChI=1S/C17H22O4/c1-17(2,3)21-16(20)12-11-14-9-7-13(8-10-14)5-4-6-15(18)19/h7-12H,4-6H2,1-3H3,(H,18,19). The lowest BCUT2D eigenvalue weighted by Gasteiger charge is -2.17. The van der Waals surface area contributed by atoms with Crippen LogP contribution in [0.4, 0.5) is 0 Å². The fraction of sp³-hybridized carbons (Fsp3) is 0.412. The van der Waals surface area contributed by atoms with E-state index in [1.54, 1.807) is 6.08 Å². The molecule has 0 aliphatic rings. The summed E-state index contributed by atoms with van der Waals surface area (Å²) in [7, 11) is 0. The lowest BCUT2D eigenvalue weighted by atomic mass is 10.1. The van der Waals surface area contributed by atoms with Crippen LogP contribution in [0.1, 0.15) is 44.7 Å². The average molecular weight is 290 g/mol. The van der Waals surface area contributed by atoms with Crippen LogP contribution < -0.4 is 0 Å². The van der Waals surface area contributed by atoms with Crippen molar-refractivity contribution in [1.82, 2.24) is 0 Å². The molecule has 0 saturated heterocycles. The summed E-state index contributed by atoms with van der Waals surface area (Å²) in [4.78, 5) is 22.0. The van der Waals surface area contributed by atoms with Crippen molar-refractivity contribution in [2.24, 2.45) is 0 Å². The Balaban J connectivity index is 2.50. The molecule has 114 valence electrons. The minimum atomic E-state index is -0.771. The number of aryl methyl sites for hydroxylation is 1. The zero-order chi connectivity index (χ0) is 15.9. The first-order chi connectivity index (χ1) is 9.76. The van der Waals surface area contributed by atoms with Crippen LogP contribution in [0.5, 0.6) is 0 Å². The first-order valence-electron chi connectivity index (χ1n) is 6.98. The molecule has 0 aliphatic carbocycles. The molecule has 0 saturated carbocycles. The number of esters is 1. The summed E-state index contributed by atoms with van der Waals surface area (Å²) < 4.78 is 5.18. The van der Waals surface area contributed by atoms with Crippen LogP contribution in [0.15, 0.2) is 30.3 Å². The summed E-state index contributed by atoms with van der Waals surface area (Å²) in [6, 6.07) is 7.68. The molecule has 21 heavy (non-hydrogen) atoms. The number of carbonyl (C=O) groups is 2. The van der Waals surface area contributed by atoms with Gasteiger partial charge in [-0.2, -0.15) is 0 Å². The van der Waals surface area contributed by atoms with E-state index in [1.165, 1.54) is 6.08 Å². The molecule has 1 aromatic carbocycles. The molecule has 0 amide bonds. The van der Waals surface area contributed by atoms with E-state index >= 15 is 0 Å². The molecule has 4 heteroatoms. The third-order valence-corrected chi connectivity index (χ3v) is 2.65. The second kappa shape index (κ2) is 7.62. The number of carbonyl (C=O) groups excluding carboxylic acids is 1. The van der Waals surface area contributed by atoms with Crippen molar-refractivity contribution in [3.05, 3.63) is 41.5 Å². The summed E-state index contributed by atoms with van der Waals surface area (Å²) in [5, 5.41) is 8.59. The zero-order valence-corrected chi connectivity index (χ0v) is 12.8. The summed E-state index contributed by atoms with van der Waals surface area (Å²) >= 11 is 0. The molecule has 0 unspecified atom stereocenters. The summed E-state index contributed by atoms with van der Waals surface area (Å²) in [5.74, 6) is -1.14. The molecule has 0 aromatic heterocycles. The van der Waals surface area contributed by atoms with Gasteiger partial charge in [-0.25, -0.2) is 4.79 Å². The predicted octanol–water partition coefficient (Wildman–Crippen LogP) is 3.45. The Morgan fingerprint density at radius 3 is 2.33 bits per heavy atom. The molecule has 0 radical (unpaired) electrons. The Hall–Kier alpha value is -2.10. The highest BCUT2D eigenvalue weighted by Gasteiger charge is 2.13. The number of benzene rings is 1. The molecule has 1 N–H and O–H groups in total. The SMILES string of the molecule is CC(C)(C)OC(=O)C=Cc1ccc(CCCC(=O)O)cc1. The minimum absolute atomic E-state index is 0.181. The summed E-state index contributed by atoms with van der Waals surface area (Å²) in [5.41, 5.74) is 1.50. The van der Waals surface area contributed by atoms with Gasteiger partial charge in [0.2, 0.25) is 0 Å². The van der Waals surface area contributed by atoms with Gasteiger partial charge in [0.15, 0.2) is 0 Å². The van der Waals surface area contributed by atoms with Crippen LogP contribution in [-0.4, -0.2) is 22.6 Å². The van der Waals surface area contributed by atoms with Crippen LogP contribution in [0.3, 0.4) is 0 Å². The summed E-state index contributed by atoms with van der Waals surface area (Å²) in [6.07, 6.45) is 4.66. The van der Waals surface area contributed by atoms with Gasteiger partial charge in [-0.15, -0.1) is 0 Å². The number of ether oxygens (including phenoxy) is 1. The van der Waals surface area contributed by atoms with Crippen molar-refractivity contribution in [2.75, 3.05) is 0 Å². The quantitative estimate of drug-likeness (QED) is 0.644. The van der Waals surface area contributed by atoms with E-state index in [2.05, 4.69) is 0 Å². The Bertz CT molecular complexity index is 507. The monoisotopic (exact) mass is 290 g/mol. The molecule has 0 bridgehead atoms. The number of carboxylic acids is 1. The number of rotatable bonds is 6. The lowest BCUT2D eigenvalue weighted by molar-refractivity contribution is -0.148. The molecular weight excluding hydrogens is 268 g/mol. The molecule has 0 atom stereocenters. The van der Waals surface area contributed by atoms with Crippen molar-refractivity contribution >= 4 is 18.0 Å². The van der Waals surface area contributed by atoms with E-state index in [-0.39, 0.29) is 12.4 Å². The fourth-order valence-corrected chi connectivity index (χ4v) is 1.74. The predicted molar refractivity (Wildman–Crippen MR) is 81.9 cm³/mol. The highest BCUT2D eigenvalue weighted by molar-refractivity contribution is 5.87. The second-order valence-electron chi connectivity index (χ2n) is 5.86. The van der Waals surface area contributed by atoms with Gasteiger partial charge in [0, 0.05) is 12.5 Å². The smallest absolute Gasteiger partial charge is 0.331 e. The molecule has 1 aromatic rings. The van der Waals surface area contributed by atoms with E-state index < -0.39 is 11.6 Å². The third-order valence-electron chi connectivity index (χ3n) is 2.65. The Morgan fingerprint density at radius 2 is 1.81 bits per heavy atom. The molecule has 0 fully saturated rings. The van der Waals surface area contributed by atoms with Crippen molar-refractivity contribution < 1.29 is 19.4 Å². The number of hydrogen-bond donors (Lipinski definition) is 1. The van der Waals surface area contributed by atoms with Crippen LogP contribution in [0.25, 0.3) is 6.08 Å². The Kier molecular flexibility index (Phi) is 6.15. The van der Waals surface area contributed by atoms with Gasteiger partial charge in [-0.05, 0) is 50.8 Å². The van der Waals surface area contributed by atoms with Gasteiger partial charge in [-0.3, -0.25) is 4.79 Å². The fourth-order valence-electron chi connectivity index (χ4n) is 1.74. The maximum absolute atomic E-state index is 11.5. The number of hydrogen-bond acceptors (Lipinski definition) is 3. The first-order valence-corrected chi connectivity index (χ1v) is 6.98. The van der Waals surface area contributed by atoms with Crippen molar-refractivity contribution in [3.63, 3.8) is 0 Å². The number of carboxylic acid groups (broad SMARTS) is 1. The third kappa shape index (κ3) is 7.92. The molecule has 0 aliphatic heterocycles. The highest BCUT2D eigenvalue weighted by atomic mass is 16.6. The van der Waals surface area contributed by atoms with Crippen LogP contribution in [0.2, 0.25) is 0 Å². The van der Waals surface area contributed by atoms with Crippen LogP contribution in [-0.2, 0) is 20.7 Å². The largest absolute Gasteiger partial charge is 0.481 e. The van der Waals surface area contributed by atoms with Gasteiger partial charge < -0.3 is 9.84 Å². The Labute approximate surface area is 125 Å². The molecule has 1 rings (SSSR count). The van der Waals surface area contributed by atoms with E-state index in [4.69, 9.17) is 9.84 Å². The Morgan fingerprint density at radius 1 is 1.19 bits per heavy atom. The van der Waals surface area contributed by atoms with E-state index in [9.17, 15) is 9.59 Å². The van der Waals surface area contributed by atoms with Crippen molar-refractivity contribution in [3.8, 4) is 0 Å². The van der Waals surface area contributed by atoms with E-state index in [1.807, 2.05) is 45.0 Å². The van der Waals surface area contributed by atoms with Gasteiger partial charge in [-0.1, -0.05) is 24.3 Å². The van der Waals surface area contributed by atoms with Gasteiger partial charge in [0.05, 0.1) is 0 Å². The average Bonchev–Trinajstić information content (AvgIpc) is 2.35. The lowest BCUT2D eigenvalue weighted by Crippen LogP contribution is -2.22. The van der Waals surface area contributed by atoms with Crippen molar-refractivity contribution in [2.45, 2.75) is 45.6 Å². The molecule has 4 nitrogen and oxygen atoms in total. The zero-order valence-electron chi connectivity index (χ0n) is 12.8. The number of aliphatic carboxylic acids is 1. The molecule has 0 spiro atoms. The normalized spacial score (nSPS) is 11.6. The molecule has 0 heterocycles. The summed E-state index contributed by atoms with van der Waals surface area (Å²) in [6.45, 7) is 5.47. The minimum Gasteiger partial charge on any atom is -0.481 e. The highest BCUT2D eigenvalue weighted by Crippen LogP contribution is 2.11. The van der Waals surface area contributed by atoms with Gasteiger partial charge >= 0.3 is 11.9 Å². The van der Waals surface area contributed by atoms with Crippen molar-refractivity contribution in [1.29, 1.82) is 0 Å². The first kappa shape index (κ1) is 17.0.